The summed E-state index contributed by atoms with van der Waals surface area (Å²) in [5.41, 5.74) is 1.18. The molecule has 1 N–H and O–H groups in total. The van der Waals surface area contributed by atoms with Gasteiger partial charge in [-0.3, -0.25) is 9.69 Å². The van der Waals surface area contributed by atoms with Crippen LogP contribution in [0.5, 0.6) is 0 Å². The third-order valence-electron chi connectivity index (χ3n) is 5.00. The van der Waals surface area contributed by atoms with Crippen molar-refractivity contribution in [1.82, 2.24) is 9.88 Å². The lowest BCUT2D eigenvalue weighted by Gasteiger charge is -2.35. The van der Waals surface area contributed by atoms with E-state index in [1.165, 1.54) is 6.07 Å². The number of nitrogens with zero attached hydrogens (tertiary/aromatic N) is 3. The molecule has 0 spiro atoms. The normalized spacial score (nSPS) is 15.6. The van der Waals surface area contributed by atoms with Gasteiger partial charge in [0.15, 0.2) is 0 Å². The fraction of sp³-hybridized carbons (Fsp3) is 0.429. The van der Waals surface area contributed by atoms with Crippen LogP contribution in [0, 0.1) is 0 Å². The summed E-state index contributed by atoms with van der Waals surface area (Å²) in [6, 6.07) is 10.2. The van der Waals surface area contributed by atoms with Crippen molar-refractivity contribution in [3.8, 4) is 0 Å². The van der Waals surface area contributed by atoms with Crippen molar-refractivity contribution >= 4 is 17.4 Å². The number of halogens is 3. The van der Waals surface area contributed by atoms with Crippen LogP contribution >= 0.6 is 0 Å². The van der Waals surface area contributed by atoms with Crippen molar-refractivity contribution in [2.75, 3.05) is 42.9 Å². The number of piperazine rings is 1. The third kappa shape index (κ3) is 5.47. The van der Waals surface area contributed by atoms with Gasteiger partial charge in [0, 0.05) is 38.1 Å². The molecule has 0 radical (unpaired) electrons. The second kappa shape index (κ2) is 8.82. The highest BCUT2D eigenvalue weighted by Gasteiger charge is 2.31. The predicted molar refractivity (Wildman–Crippen MR) is 107 cm³/mol. The molecule has 0 unspecified atom stereocenters. The number of carbonyl (C=O) groups excluding carboxylic acids is 1. The second-order valence-corrected chi connectivity index (χ2v) is 7.46. The van der Waals surface area contributed by atoms with E-state index in [0.717, 1.165) is 23.5 Å². The number of hydrogen-bond donors (Lipinski definition) is 1. The highest BCUT2D eigenvalue weighted by molar-refractivity contribution is 5.93. The standard InChI is InChI=1S/C21H25F3N4O/c1-15(2)17-5-3-4-6-18(17)26-20(29)14-27-9-11-28(12-10-27)19-8-7-16(13-25-19)21(22,23)24/h3-8,13,15H,9-12,14H2,1-2H3,(H,26,29). The van der Waals surface area contributed by atoms with Crippen LogP contribution in [0.1, 0.15) is 30.9 Å². The molecule has 156 valence electrons. The molecule has 1 aromatic heterocycles. The van der Waals surface area contributed by atoms with Gasteiger partial charge in [-0.15, -0.1) is 0 Å². The first kappa shape index (κ1) is 21.1. The molecule has 0 bridgehead atoms. The number of hydrogen-bond acceptors (Lipinski definition) is 4. The van der Waals surface area contributed by atoms with Gasteiger partial charge in [-0.25, -0.2) is 4.98 Å². The van der Waals surface area contributed by atoms with Gasteiger partial charge in [0.25, 0.3) is 0 Å². The Balaban J connectivity index is 1.52. The molecular weight excluding hydrogens is 381 g/mol. The van der Waals surface area contributed by atoms with Crippen LogP contribution in [0.4, 0.5) is 24.7 Å². The smallest absolute Gasteiger partial charge is 0.354 e. The number of nitrogens with one attached hydrogen (secondary N) is 1. The van der Waals surface area contributed by atoms with Gasteiger partial charge in [0.2, 0.25) is 5.91 Å². The van der Waals surface area contributed by atoms with Crippen molar-refractivity contribution in [2.45, 2.75) is 25.9 Å². The van der Waals surface area contributed by atoms with Crippen molar-refractivity contribution in [3.05, 3.63) is 53.7 Å². The summed E-state index contributed by atoms with van der Waals surface area (Å²) in [5, 5.41) is 2.99. The molecule has 1 amide bonds. The Morgan fingerprint density at radius 1 is 1.10 bits per heavy atom. The summed E-state index contributed by atoms with van der Waals surface area (Å²) >= 11 is 0. The van der Waals surface area contributed by atoms with E-state index >= 15 is 0 Å². The van der Waals surface area contributed by atoms with E-state index < -0.39 is 11.7 Å². The number of pyridine rings is 1. The molecule has 2 heterocycles. The maximum Gasteiger partial charge on any atom is 0.417 e. The van der Waals surface area contributed by atoms with Crippen LogP contribution in [0.2, 0.25) is 0 Å². The average Bonchev–Trinajstić information content (AvgIpc) is 2.68. The zero-order valence-corrected chi connectivity index (χ0v) is 16.5. The maximum absolute atomic E-state index is 12.7. The molecule has 1 aliphatic rings. The molecule has 1 fully saturated rings. The van der Waals surface area contributed by atoms with Crippen molar-refractivity contribution < 1.29 is 18.0 Å². The molecule has 1 aromatic carbocycles. The lowest BCUT2D eigenvalue weighted by atomic mass is 10.0. The van der Waals surface area contributed by atoms with Crippen LogP contribution in [0.25, 0.3) is 0 Å². The number of para-hydroxylation sites is 1. The highest BCUT2D eigenvalue weighted by atomic mass is 19.4. The molecule has 2 aromatic rings. The fourth-order valence-electron chi connectivity index (χ4n) is 3.38. The fourth-order valence-corrected chi connectivity index (χ4v) is 3.38. The van der Waals surface area contributed by atoms with Crippen LogP contribution in [0.3, 0.4) is 0 Å². The first-order valence-electron chi connectivity index (χ1n) is 9.63. The Morgan fingerprint density at radius 3 is 2.38 bits per heavy atom. The molecule has 29 heavy (non-hydrogen) atoms. The Bertz CT molecular complexity index is 829. The minimum absolute atomic E-state index is 0.0702. The maximum atomic E-state index is 12.7. The molecule has 8 heteroatoms. The molecule has 0 atom stereocenters. The van der Waals surface area contributed by atoms with Gasteiger partial charge in [0.05, 0.1) is 12.1 Å². The minimum Gasteiger partial charge on any atom is -0.354 e. The minimum atomic E-state index is -4.38. The van der Waals surface area contributed by atoms with Gasteiger partial charge in [0.1, 0.15) is 5.82 Å². The van der Waals surface area contributed by atoms with E-state index in [1.54, 1.807) is 0 Å². The van der Waals surface area contributed by atoms with Crippen LogP contribution in [0.15, 0.2) is 42.6 Å². The van der Waals surface area contributed by atoms with Crippen molar-refractivity contribution in [2.24, 2.45) is 0 Å². The summed E-state index contributed by atoms with van der Waals surface area (Å²) < 4.78 is 38.0. The van der Waals surface area contributed by atoms with E-state index in [1.807, 2.05) is 34.1 Å². The molecule has 0 saturated carbocycles. The van der Waals surface area contributed by atoms with Crippen molar-refractivity contribution in [3.63, 3.8) is 0 Å². The second-order valence-electron chi connectivity index (χ2n) is 7.46. The Labute approximate surface area is 168 Å². The topological polar surface area (TPSA) is 48.5 Å². The lowest BCUT2D eigenvalue weighted by Crippen LogP contribution is -2.49. The summed E-state index contributed by atoms with van der Waals surface area (Å²) in [5.74, 6) is 0.762. The van der Waals surface area contributed by atoms with Gasteiger partial charge in [-0.05, 0) is 29.7 Å². The summed E-state index contributed by atoms with van der Waals surface area (Å²) in [4.78, 5) is 20.4. The SMILES string of the molecule is CC(C)c1ccccc1NC(=O)CN1CCN(c2ccc(C(F)(F)F)cn2)CC1. The summed E-state index contributed by atoms with van der Waals surface area (Å²) in [7, 11) is 0. The van der Waals surface area contributed by atoms with Crippen LogP contribution in [-0.2, 0) is 11.0 Å². The molecular formula is C21H25F3N4O. The Hall–Kier alpha value is -2.61. The summed E-state index contributed by atoms with van der Waals surface area (Å²) in [6.07, 6.45) is -3.52. The lowest BCUT2D eigenvalue weighted by molar-refractivity contribution is -0.137. The first-order chi connectivity index (χ1) is 13.7. The zero-order chi connectivity index (χ0) is 21.0. The van der Waals surface area contributed by atoms with E-state index in [4.69, 9.17) is 0 Å². The predicted octanol–water partition coefficient (Wildman–Crippen LogP) is 3.98. The number of carbonyl (C=O) groups is 1. The van der Waals surface area contributed by atoms with Crippen LogP contribution < -0.4 is 10.2 Å². The number of benzene rings is 1. The molecule has 0 aliphatic carbocycles. The van der Waals surface area contributed by atoms with Crippen molar-refractivity contribution in [1.29, 1.82) is 0 Å². The van der Waals surface area contributed by atoms with E-state index in [2.05, 4.69) is 24.1 Å². The largest absolute Gasteiger partial charge is 0.417 e. The molecule has 1 aliphatic heterocycles. The Kier molecular flexibility index (Phi) is 6.42. The number of amides is 1. The third-order valence-corrected chi connectivity index (χ3v) is 5.00. The monoisotopic (exact) mass is 406 g/mol. The summed E-state index contributed by atoms with van der Waals surface area (Å²) in [6.45, 7) is 6.94. The van der Waals surface area contributed by atoms with Crippen LogP contribution in [-0.4, -0.2) is 48.5 Å². The highest BCUT2D eigenvalue weighted by Crippen LogP contribution is 2.29. The average molecular weight is 406 g/mol. The molecule has 3 rings (SSSR count). The van der Waals surface area contributed by atoms with Gasteiger partial charge in [-0.1, -0.05) is 32.0 Å². The van der Waals surface area contributed by atoms with Gasteiger partial charge < -0.3 is 10.2 Å². The molecule has 1 saturated heterocycles. The van der Waals surface area contributed by atoms with E-state index in [9.17, 15) is 18.0 Å². The first-order valence-corrected chi connectivity index (χ1v) is 9.63. The number of aromatic nitrogens is 1. The van der Waals surface area contributed by atoms with Gasteiger partial charge in [-0.2, -0.15) is 13.2 Å². The quantitative estimate of drug-likeness (QED) is 0.816. The zero-order valence-electron chi connectivity index (χ0n) is 16.5. The molecule has 5 nitrogen and oxygen atoms in total. The van der Waals surface area contributed by atoms with E-state index in [0.29, 0.717) is 37.9 Å². The van der Waals surface area contributed by atoms with E-state index in [-0.39, 0.29) is 12.5 Å². The number of anilines is 2. The number of alkyl halides is 3. The Morgan fingerprint density at radius 2 is 1.79 bits per heavy atom. The number of rotatable bonds is 5. The van der Waals surface area contributed by atoms with Gasteiger partial charge >= 0.3 is 6.18 Å².